The second kappa shape index (κ2) is 11.6. The summed E-state index contributed by atoms with van der Waals surface area (Å²) in [5.74, 6) is -2.34. The van der Waals surface area contributed by atoms with E-state index in [9.17, 15) is 19.2 Å². The van der Waals surface area contributed by atoms with Crippen LogP contribution in [0.15, 0.2) is 85.1 Å². The molecule has 1 aliphatic rings. The van der Waals surface area contributed by atoms with Crippen molar-refractivity contribution in [1.82, 2.24) is 20.9 Å². The van der Waals surface area contributed by atoms with Gasteiger partial charge in [0.25, 0.3) is 5.91 Å². The van der Waals surface area contributed by atoms with Gasteiger partial charge in [-0.05, 0) is 43.0 Å². The SMILES string of the molecule is C[C@@H](NC(=O)C1(c2ccccc2)CC1)C(=O)N[C@H](Cc1ccccc1)C(=O)C(=O)NCc1ccccn1. The zero-order chi connectivity index (χ0) is 26.3. The zero-order valence-electron chi connectivity index (χ0n) is 20.6. The molecule has 0 radical (unpaired) electrons. The van der Waals surface area contributed by atoms with Crippen molar-refractivity contribution in [2.24, 2.45) is 0 Å². The fourth-order valence-corrected chi connectivity index (χ4v) is 4.20. The maximum atomic E-state index is 13.1. The van der Waals surface area contributed by atoms with E-state index in [0.29, 0.717) is 18.5 Å². The lowest BCUT2D eigenvalue weighted by atomic mass is 9.94. The molecule has 37 heavy (non-hydrogen) atoms. The smallest absolute Gasteiger partial charge is 0.289 e. The first kappa shape index (κ1) is 25.8. The molecule has 3 amide bonds. The van der Waals surface area contributed by atoms with Gasteiger partial charge in [-0.3, -0.25) is 24.2 Å². The molecule has 3 aromatic rings. The summed E-state index contributed by atoms with van der Waals surface area (Å²) in [7, 11) is 0. The molecule has 8 heteroatoms. The molecule has 3 N–H and O–H groups in total. The Morgan fingerprint density at radius 2 is 1.51 bits per heavy atom. The van der Waals surface area contributed by atoms with Crippen molar-refractivity contribution >= 4 is 23.5 Å². The Labute approximate surface area is 215 Å². The molecule has 1 saturated carbocycles. The van der Waals surface area contributed by atoms with E-state index in [2.05, 4.69) is 20.9 Å². The molecule has 0 aliphatic heterocycles. The average molecular weight is 499 g/mol. The van der Waals surface area contributed by atoms with Gasteiger partial charge < -0.3 is 16.0 Å². The first-order chi connectivity index (χ1) is 17.9. The van der Waals surface area contributed by atoms with Crippen LogP contribution in [0.3, 0.4) is 0 Å². The molecule has 0 saturated heterocycles. The van der Waals surface area contributed by atoms with Crippen LogP contribution in [-0.2, 0) is 37.6 Å². The number of Topliss-reactive ketones (excluding diaryl/α,β-unsaturated/α-hetero) is 1. The van der Waals surface area contributed by atoms with Crippen molar-refractivity contribution in [3.8, 4) is 0 Å². The lowest BCUT2D eigenvalue weighted by molar-refractivity contribution is -0.140. The van der Waals surface area contributed by atoms with Crippen LogP contribution in [0.4, 0.5) is 0 Å². The van der Waals surface area contributed by atoms with Gasteiger partial charge in [0, 0.05) is 12.6 Å². The van der Waals surface area contributed by atoms with Gasteiger partial charge in [-0.2, -0.15) is 0 Å². The molecule has 0 bridgehead atoms. The predicted octanol–water partition coefficient (Wildman–Crippen LogP) is 2.23. The number of carbonyl (C=O) groups excluding carboxylic acids is 4. The highest BCUT2D eigenvalue weighted by atomic mass is 16.2. The number of nitrogens with one attached hydrogen (secondary N) is 3. The van der Waals surface area contributed by atoms with Crippen LogP contribution in [0.5, 0.6) is 0 Å². The summed E-state index contributed by atoms with van der Waals surface area (Å²) < 4.78 is 0. The van der Waals surface area contributed by atoms with Crippen LogP contribution in [0.1, 0.15) is 36.6 Å². The summed E-state index contributed by atoms with van der Waals surface area (Å²) in [6.07, 6.45) is 3.16. The number of nitrogens with zero attached hydrogens (tertiary/aromatic N) is 1. The minimum atomic E-state index is -1.10. The Kier molecular flexibility index (Phi) is 8.08. The summed E-state index contributed by atoms with van der Waals surface area (Å²) in [6, 6.07) is 21.9. The number of aromatic nitrogens is 1. The van der Waals surface area contributed by atoms with Gasteiger partial charge in [-0.25, -0.2) is 0 Å². The number of carbonyl (C=O) groups is 4. The van der Waals surface area contributed by atoms with Crippen molar-refractivity contribution in [2.75, 3.05) is 0 Å². The summed E-state index contributed by atoms with van der Waals surface area (Å²) >= 11 is 0. The highest BCUT2D eigenvalue weighted by Crippen LogP contribution is 2.48. The van der Waals surface area contributed by atoms with E-state index >= 15 is 0 Å². The molecular weight excluding hydrogens is 468 g/mol. The van der Waals surface area contributed by atoms with Gasteiger partial charge in [0.1, 0.15) is 12.1 Å². The van der Waals surface area contributed by atoms with Gasteiger partial charge in [0.05, 0.1) is 17.7 Å². The van der Waals surface area contributed by atoms with Crippen LogP contribution >= 0.6 is 0 Å². The topological polar surface area (TPSA) is 117 Å². The van der Waals surface area contributed by atoms with E-state index in [0.717, 1.165) is 11.1 Å². The maximum absolute atomic E-state index is 13.1. The average Bonchev–Trinajstić information content (AvgIpc) is 3.75. The van der Waals surface area contributed by atoms with Crippen molar-refractivity contribution < 1.29 is 19.2 Å². The summed E-state index contributed by atoms with van der Waals surface area (Å²) in [5, 5.41) is 8.05. The maximum Gasteiger partial charge on any atom is 0.289 e. The van der Waals surface area contributed by atoms with Gasteiger partial charge >= 0.3 is 0 Å². The second-order valence-electron chi connectivity index (χ2n) is 9.26. The van der Waals surface area contributed by atoms with Crippen molar-refractivity contribution in [3.05, 3.63) is 102 Å². The van der Waals surface area contributed by atoms with Crippen LogP contribution < -0.4 is 16.0 Å². The number of hydrogen-bond donors (Lipinski definition) is 3. The molecule has 0 unspecified atom stereocenters. The molecule has 8 nitrogen and oxygen atoms in total. The third-order valence-electron chi connectivity index (χ3n) is 6.55. The minimum absolute atomic E-state index is 0.0887. The summed E-state index contributed by atoms with van der Waals surface area (Å²) in [5.41, 5.74) is 1.69. The lowest BCUT2D eigenvalue weighted by Crippen LogP contribution is -2.54. The van der Waals surface area contributed by atoms with Crippen LogP contribution in [0.25, 0.3) is 0 Å². The van der Waals surface area contributed by atoms with E-state index in [-0.39, 0.29) is 18.9 Å². The lowest BCUT2D eigenvalue weighted by Gasteiger charge is -2.23. The zero-order valence-corrected chi connectivity index (χ0v) is 20.6. The van der Waals surface area contributed by atoms with Crippen LogP contribution in [0, 0.1) is 0 Å². The van der Waals surface area contributed by atoms with Gasteiger partial charge in [-0.15, -0.1) is 0 Å². The third kappa shape index (κ3) is 6.46. The third-order valence-corrected chi connectivity index (χ3v) is 6.55. The minimum Gasteiger partial charge on any atom is -0.344 e. The first-order valence-electron chi connectivity index (χ1n) is 12.3. The Bertz CT molecular complexity index is 1240. The number of pyridine rings is 1. The molecule has 2 atom stereocenters. The van der Waals surface area contributed by atoms with Gasteiger partial charge in [0.2, 0.25) is 17.6 Å². The van der Waals surface area contributed by atoms with Crippen LogP contribution in [-0.4, -0.2) is 40.6 Å². The molecule has 2 aromatic carbocycles. The van der Waals surface area contributed by atoms with Gasteiger partial charge in [-0.1, -0.05) is 66.7 Å². The van der Waals surface area contributed by atoms with E-state index in [1.54, 1.807) is 31.3 Å². The standard InChI is InChI=1S/C29H30N4O4/c1-20(32-28(37)29(15-16-29)22-12-6-3-7-13-22)26(35)33-24(18-21-10-4-2-5-11-21)25(34)27(36)31-19-23-14-8-9-17-30-23/h2-14,17,20,24H,15-16,18-19H2,1H3,(H,31,36)(H,32,37)(H,33,35)/t20-,24-/m1/s1. The number of amides is 3. The van der Waals surface area contributed by atoms with Crippen LogP contribution in [0.2, 0.25) is 0 Å². The Morgan fingerprint density at radius 1 is 0.865 bits per heavy atom. The van der Waals surface area contributed by atoms with E-state index in [1.807, 2.05) is 60.7 Å². The summed E-state index contributed by atoms with van der Waals surface area (Å²) in [4.78, 5) is 56.0. The highest BCUT2D eigenvalue weighted by Gasteiger charge is 2.51. The Morgan fingerprint density at radius 3 is 2.14 bits per heavy atom. The van der Waals surface area contributed by atoms with E-state index in [1.165, 1.54) is 0 Å². The molecule has 1 fully saturated rings. The number of hydrogen-bond acceptors (Lipinski definition) is 5. The number of benzene rings is 2. The summed E-state index contributed by atoms with van der Waals surface area (Å²) in [6.45, 7) is 1.66. The van der Waals surface area contributed by atoms with E-state index in [4.69, 9.17) is 0 Å². The van der Waals surface area contributed by atoms with E-state index < -0.39 is 35.1 Å². The molecule has 1 heterocycles. The molecular formula is C29H30N4O4. The number of rotatable bonds is 11. The van der Waals surface area contributed by atoms with Crippen molar-refractivity contribution in [3.63, 3.8) is 0 Å². The molecule has 4 rings (SSSR count). The Hall–Kier alpha value is -4.33. The fourth-order valence-electron chi connectivity index (χ4n) is 4.20. The Balaban J connectivity index is 1.41. The fraction of sp³-hybridized carbons (Fsp3) is 0.276. The number of ketones is 1. The predicted molar refractivity (Wildman–Crippen MR) is 138 cm³/mol. The molecule has 1 aromatic heterocycles. The quantitative estimate of drug-likeness (QED) is 0.351. The highest BCUT2D eigenvalue weighted by molar-refractivity contribution is 6.38. The molecule has 1 aliphatic carbocycles. The molecule has 190 valence electrons. The van der Waals surface area contributed by atoms with Gasteiger partial charge in [0.15, 0.2) is 0 Å². The monoisotopic (exact) mass is 498 g/mol. The first-order valence-corrected chi connectivity index (χ1v) is 12.3. The van der Waals surface area contributed by atoms with Crippen molar-refractivity contribution in [2.45, 2.75) is 50.2 Å². The largest absolute Gasteiger partial charge is 0.344 e. The second-order valence-corrected chi connectivity index (χ2v) is 9.26. The van der Waals surface area contributed by atoms with Crippen molar-refractivity contribution in [1.29, 1.82) is 0 Å². The molecule has 0 spiro atoms. The normalized spacial score (nSPS) is 15.1.